The molecule has 0 saturated carbocycles. The van der Waals surface area contributed by atoms with Gasteiger partial charge in [-0.3, -0.25) is 10.9 Å². The Hall–Kier alpha value is -0.850. The summed E-state index contributed by atoms with van der Waals surface area (Å²) in [5, 5.41) is 0. The standard InChI is InChI=1S/C3H11N5O/c4-1-2-6-8-3(9)7-5/h6H,1-2,4-5H2,(H2,7,8,9). The van der Waals surface area contributed by atoms with Crippen molar-refractivity contribution in [2.75, 3.05) is 13.1 Å². The molecular weight excluding hydrogens is 122 g/mol. The van der Waals surface area contributed by atoms with Crippen LogP contribution in [-0.4, -0.2) is 19.1 Å². The number of carbonyl (C=O) groups excluding carboxylic acids is 1. The molecule has 0 heterocycles. The van der Waals surface area contributed by atoms with Gasteiger partial charge in [-0.1, -0.05) is 0 Å². The van der Waals surface area contributed by atoms with Gasteiger partial charge in [-0.2, -0.15) is 0 Å². The van der Waals surface area contributed by atoms with E-state index in [1.54, 1.807) is 0 Å². The molecule has 9 heavy (non-hydrogen) atoms. The van der Waals surface area contributed by atoms with Crippen molar-refractivity contribution in [2.45, 2.75) is 0 Å². The summed E-state index contributed by atoms with van der Waals surface area (Å²) in [6, 6.07) is -0.483. The molecule has 2 amide bonds. The van der Waals surface area contributed by atoms with E-state index in [1.807, 2.05) is 5.43 Å². The van der Waals surface area contributed by atoms with Gasteiger partial charge in [0.05, 0.1) is 0 Å². The van der Waals surface area contributed by atoms with Crippen LogP contribution in [0.3, 0.4) is 0 Å². The van der Waals surface area contributed by atoms with Crippen LogP contribution in [0, 0.1) is 0 Å². The summed E-state index contributed by atoms with van der Waals surface area (Å²) in [7, 11) is 0. The Balaban J connectivity index is 2.97. The largest absolute Gasteiger partial charge is 0.343 e. The highest BCUT2D eigenvalue weighted by Crippen LogP contribution is 1.51. The lowest BCUT2D eigenvalue weighted by molar-refractivity contribution is 0.237. The van der Waals surface area contributed by atoms with E-state index < -0.39 is 6.03 Å². The Kier molecular flexibility index (Phi) is 4.79. The van der Waals surface area contributed by atoms with Crippen molar-refractivity contribution in [1.82, 2.24) is 16.3 Å². The molecule has 7 N–H and O–H groups in total. The number of amides is 2. The number of urea groups is 1. The first-order chi connectivity index (χ1) is 4.31. The van der Waals surface area contributed by atoms with E-state index in [-0.39, 0.29) is 0 Å². The third kappa shape index (κ3) is 5.01. The van der Waals surface area contributed by atoms with E-state index in [4.69, 9.17) is 11.6 Å². The molecular formula is C3H11N5O. The molecule has 54 valence electrons. The summed E-state index contributed by atoms with van der Waals surface area (Å²) >= 11 is 0. The van der Waals surface area contributed by atoms with Gasteiger partial charge >= 0.3 is 6.03 Å². The lowest BCUT2D eigenvalue weighted by Crippen LogP contribution is -2.48. The van der Waals surface area contributed by atoms with Crippen LogP contribution >= 0.6 is 0 Å². The first-order valence-electron chi connectivity index (χ1n) is 2.50. The molecule has 0 aliphatic heterocycles. The predicted molar refractivity (Wildman–Crippen MR) is 32.9 cm³/mol. The maximum atomic E-state index is 10.2. The first-order valence-corrected chi connectivity index (χ1v) is 2.50. The van der Waals surface area contributed by atoms with Crippen molar-refractivity contribution in [3.8, 4) is 0 Å². The van der Waals surface area contributed by atoms with Crippen LogP contribution in [0.25, 0.3) is 0 Å². The van der Waals surface area contributed by atoms with E-state index in [0.717, 1.165) is 0 Å². The topological polar surface area (TPSA) is 105 Å². The van der Waals surface area contributed by atoms with Crippen LogP contribution in [0.4, 0.5) is 4.79 Å². The first kappa shape index (κ1) is 8.15. The summed E-state index contributed by atoms with van der Waals surface area (Å²) in [6.45, 7) is 0.984. The van der Waals surface area contributed by atoms with E-state index >= 15 is 0 Å². The second-order valence-electron chi connectivity index (χ2n) is 1.31. The summed E-state index contributed by atoms with van der Waals surface area (Å²) in [4.78, 5) is 10.2. The highest BCUT2D eigenvalue weighted by molar-refractivity contribution is 5.72. The van der Waals surface area contributed by atoms with Crippen molar-refractivity contribution in [3.05, 3.63) is 0 Å². The van der Waals surface area contributed by atoms with Crippen molar-refractivity contribution in [2.24, 2.45) is 11.6 Å². The highest BCUT2D eigenvalue weighted by atomic mass is 16.2. The third-order valence-corrected chi connectivity index (χ3v) is 0.602. The zero-order valence-electron chi connectivity index (χ0n) is 4.98. The Morgan fingerprint density at radius 3 is 2.67 bits per heavy atom. The number of hydrogen-bond acceptors (Lipinski definition) is 4. The molecule has 0 aromatic carbocycles. The Bertz CT molecular complexity index is 84.3. The number of hydrazine groups is 2. The monoisotopic (exact) mass is 133 g/mol. The maximum absolute atomic E-state index is 10.2. The zero-order valence-corrected chi connectivity index (χ0v) is 4.98. The molecule has 6 nitrogen and oxygen atoms in total. The molecule has 0 radical (unpaired) electrons. The molecule has 0 saturated heterocycles. The number of carbonyl (C=O) groups is 1. The maximum Gasteiger partial charge on any atom is 0.343 e. The number of hydrogen-bond donors (Lipinski definition) is 5. The summed E-state index contributed by atoms with van der Waals surface area (Å²) in [5.41, 5.74) is 11.7. The SMILES string of the molecule is NCCNNC(=O)NN. The Morgan fingerprint density at radius 2 is 2.22 bits per heavy atom. The van der Waals surface area contributed by atoms with Crippen molar-refractivity contribution >= 4 is 6.03 Å². The number of rotatable bonds is 3. The van der Waals surface area contributed by atoms with Gasteiger partial charge in [-0.05, 0) is 0 Å². The summed E-state index contributed by atoms with van der Waals surface area (Å²) in [6.07, 6.45) is 0. The van der Waals surface area contributed by atoms with Gasteiger partial charge in [-0.15, -0.1) is 0 Å². The molecule has 6 heteroatoms. The molecule has 0 aromatic rings. The van der Waals surface area contributed by atoms with Gasteiger partial charge in [0.25, 0.3) is 0 Å². The molecule has 0 bridgehead atoms. The quantitative estimate of drug-likeness (QED) is 0.128. The van der Waals surface area contributed by atoms with E-state index in [0.29, 0.717) is 13.1 Å². The van der Waals surface area contributed by atoms with Crippen LogP contribution in [0.15, 0.2) is 0 Å². The molecule has 0 fully saturated rings. The lowest BCUT2D eigenvalue weighted by Gasteiger charge is -2.02. The predicted octanol–water partition coefficient (Wildman–Crippen LogP) is -2.38. The van der Waals surface area contributed by atoms with E-state index in [1.165, 1.54) is 0 Å². The second-order valence-corrected chi connectivity index (χ2v) is 1.31. The van der Waals surface area contributed by atoms with Crippen LogP contribution in [0.1, 0.15) is 0 Å². The van der Waals surface area contributed by atoms with Gasteiger partial charge in [0, 0.05) is 13.1 Å². The molecule has 0 aromatic heterocycles. The number of nitrogens with two attached hydrogens (primary N) is 2. The molecule has 0 aliphatic carbocycles. The fraction of sp³-hybridized carbons (Fsp3) is 0.667. The Morgan fingerprint density at radius 1 is 1.56 bits per heavy atom. The van der Waals surface area contributed by atoms with Crippen LogP contribution in [0.2, 0.25) is 0 Å². The van der Waals surface area contributed by atoms with Crippen molar-refractivity contribution in [3.63, 3.8) is 0 Å². The third-order valence-electron chi connectivity index (χ3n) is 0.602. The lowest BCUT2D eigenvalue weighted by atomic mass is 10.7. The van der Waals surface area contributed by atoms with Crippen molar-refractivity contribution in [1.29, 1.82) is 0 Å². The van der Waals surface area contributed by atoms with Gasteiger partial charge in [-0.25, -0.2) is 16.1 Å². The normalized spacial score (nSPS) is 8.67. The van der Waals surface area contributed by atoms with E-state index in [9.17, 15) is 4.79 Å². The van der Waals surface area contributed by atoms with Crippen LogP contribution in [-0.2, 0) is 0 Å². The minimum Gasteiger partial charge on any atom is -0.329 e. The van der Waals surface area contributed by atoms with E-state index in [2.05, 4.69) is 10.9 Å². The minimum atomic E-state index is -0.483. The smallest absolute Gasteiger partial charge is 0.329 e. The van der Waals surface area contributed by atoms with Crippen LogP contribution < -0.4 is 27.9 Å². The fourth-order valence-electron chi connectivity index (χ4n) is 0.251. The molecule has 0 spiro atoms. The molecule has 0 rings (SSSR count). The van der Waals surface area contributed by atoms with Gasteiger partial charge < -0.3 is 5.73 Å². The number of nitrogens with one attached hydrogen (secondary N) is 3. The average molecular weight is 133 g/mol. The zero-order chi connectivity index (χ0) is 7.11. The Labute approximate surface area is 52.9 Å². The summed E-state index contributed by atoms with van der Waals surface area (Å²) < 4.78 is 0. The van der Waals surface area contributed by atoms with Gasteiger partial charge in [0.1, 0.15) is 0 Å². The minimum absolute atomic E-state index is 0.463. The molecule has 0 atom stereocenters. The highest BCUT2D eigenvalue weighted by Gasteiger charge is 1.90. The van der Waals surface area contributed by atoms with Gasteiger partial charge in [0.2, 0.25) is 0 Å². The summed E-state index contributed by atoms with van der Waals surface area (Å²) in [5.74, 6) is 4.72. The average Bonchev–Trinajstić information content (AvgIpc) is 1.89. The molecule has 0 aliphatic rings. The van der Waals surface area contributed by atoms with Crippen LogP contribution in [0.5, 0.6) is 0 Å². The fourth-order valence-corrected chi connectivity index (χ4v) is 0.251. The van der Waals surface area contributed by atoms with Crippen molar-refractivity contribution < 1.29 is 4.79 Å². The molecule has 0 unspecified atom stereocenters. The second kappa shape index (κ2) is 5.29. The van der Waals surface area contributed by atoms with Gasteiger partial charge in [0.15, 0.2) is 0 Å².